The maximum atomic E-state index is 13.3. The lowest BCUT2D eigenvalue weighted by Gasteiger charge is -2.21. The molecule has 0 radical (unpaired) electrons. The highest BCUT2D eigenvalue weighted by Crippen LogP contribution is 2.47. The molecule has 2 aromatic heterocycles. The van der Waals surface area contributed by atoms with Gasteiger partial charge in [0.2, 0.25) is 11.8 Å². The second-order valence-corrected chi connectivity index (χ2v) is 16.2. The standard InChI is InChI=1S/C25H21N3O8.C21H19N3O8.CH4/c26-18(9-13-1-3-14(29)4-2-13)25(32)27-8-7-16-23-17-10-15(35-12-22(30)31)5-6-20(17)36-21(23)11-19(24(16)27)28(33)34;22-14(21(28)29)2-4-17(25)23-6-5-11-19(23)15(24(30)31)9-13-12-7-10(8-18(26)27)1-3-16(12)32-20(11)13;/h1-6,10-11,18,29H,7-9,12,26H2,(H,30,31);1,3,7,9,14H,2,4-6,8,22H2,(H,26,27)(H,28,29);1H4. The van der Waals surface area contributed by atoms with Crippen molar-refractivity contribution >= 4 is 96.3 Å². The lowest BCUT2D eigenvalue weighted by atomic mass is 10.0. The Balaban J connectivity index is 0.000000202. The van der Waals surface area contributed by atoms with Crippen LogP contribution in [-0.2, 0) is 49.7 Å². The van der Waals surface area contributed by atoms with E-state index < -0.39 is 58.3 Å². The van der Waals surface area contributed by atoms with Crippen molar-refractivity contribution in [1.29, 1.82) is 0 Å². The van der Waals surface area contributed by atoms with Gasteiger partial charge in [0.05, 0.1) is 28.4 Å². The van der Waals surface area contributed by atoms with Gasteiger partial charge in [0, 0.05) is 52.7 Å². The summed E-state index contributed by atoms with van der Waals surface area (Å²) in [6, 6.07) is 16.5. The van der Waals surface area contributed by atoms with Gasteiger partial charge in [-0.05, 0) is 84.8 Å². The van der Waals surface area contributed by atoms with Crippen LogP contribution in [-0.4, -0.2) is 91.8 Å². The molecule has 22 nitrogen and oxygen atoms in total. The van der Waals surface area contributed by atoms with Crippen LogP contribution in [0.15, 0.2) is 81.6 Å². The highest BCUT2D eigenvalue weighted by molar-refractivity contribution is 6.14. The van der Waals surface area contributed by atoms with Crippen molar-refractivity contribution in [3.63, 3.8) is 0 Å². The Morgan fingerprint density at radius 3 is 2.00 bits per heavy atom. The number of carboxylic acid groups (broad SMARTS) is 3. The number of hydrogen-bond donors (Lipinski definition) is 6. The van der Waals surface area contributed by atoms with E-state index in [1.165, 1.54) is 34.1 Å². The van der Waals surface area contributed by atoms with Gasteiger partial charge >= 0.3 is 17.9 Å². The number of hydrogen-bond acceptors (Lipinski definition) is 15. The molecule has 8 N–H and O–H groups in total. The molecule has 0 spiro atoms. The largest absolute Gasteiger partial charge is 0.508 e. The van der Waals surface area contributed by atoms with Crippen LogP contribution in [0.2, 0.25) is 0 Å². The monoisotopic (exact) mass is 948 g/mol. The number of aliphatic carboxylic acids is 3. The second kappa shape index (κ2) is 19.3. The average Bonchev–Trinajstić information content (AvgIpc) is 4.10. The van der Waals surface area contributed by atoms with Crippen molar-refractivity contribution in [2.45, 2.75) is 58.0 Å². The number of carbonyl (C=O) groups is 5. The summed E-state index contributed by atoms with van der Waals surface area (Å²) in [4.78, 5) is 84.2. The van der Waals surface area contributed by atoms with Crippen molar-refractivity contribution in [2.24, 2.45) is 11.5 Å². The Hall–Kier alpha value is -8.63. The van der Waals surface area contributed by atoms with Crippen LogP contribution in [0.25, 0.3) is 43.9 Å². The molecule has 2 atom stereocenters. The van der Waals surface area contributed by atoms with E-state index in [0.717, 1.165) is 5.56 Å². The summed E-state index contributed by atoms with van der Waals surface area (Å²) < 4.78 is 17.1. The molecule has 2 aliphatic heterocycles. The molecular weight excluding hydrogens is 905 g/mol. The fourth-order valence-corrected chi connectivity index (χ4v) is 8.70. The zero-order valence-corrected chi connectivity index (χ0v) is 35.6. The number of anilines is 2. The van der Waals surface area contributed by atoms with Crippen LogP contribution in [0.3, 0.4) is 0 Å². The number of carboxylic acids is 3. The molecule has 0 fully saturated rings. The first-order valence-electron chi connectivity index (χ1n) is 20.9. The Morgan fingerprint density at radius 1 is 0.710 bits per heavy atom. The lowest BCUT2D eigenvalue weighted by Crippen LogP contribution is -2.44. The van der Waals surface area contributed by atoms with E-state index in [1.807, 2.05) is 0 Å². The molecule has 2 unspecified atom stereocenters. The number of nitrogens with zero attached hydrogens (tertiary/aromatic N) is 4. The van der Waals surface area contributed by atoms with Crippen LogP contribution < -0.4 is 26.0 Å². The van der Waals surface area contributed by atoms with Crippen LogP contribution in [0.4, 0.5) is 22.7 Å². The van der Waals surface area contributed by atoms with E-state index in [4.69, 9.17) is 40.4 Å². The van der Waals surface area contributed by atoms with Crippen molar-refractivity contribution in [3.8, 4) is 11.5 Å². The quantitative estimate of drug-likeness (QED) is 0.0541. The first kappa shape index (κ1) is 48.3. The van der Waals surface area contributed by atoms with Crippen LogP contribution in [0.1, 0.15) is 42.5 Å². The molecule has 0 aliphatic carbocycles. The molecule has 0 saturated heterocycles. The number of phenolic OH excluding ortho intramolecular Hbond substituents is 1. The molecule has 2 amide bonds. The number of nitro groups is 2. The second-order valence-electron chi connectivity index (χ2n) is 16.2. The third-order valence-electron chi connectivity index (χ3n) is 11.7. The van der Waals surface area contributed by atoms with Gasteiger partial charge in [0.25, 0.3) is 11.4 Å². The highest BCUT2D eigenvalue weighted by Gasteiger charge is 2.38. The molecule has 358 valence electrons. The van der Waals surface area contributed by atoms with Gasteiger partial charge in [0.15, 0.2) is 6.61 Å². The van der Waals surface area contributed by atoms with Crippen LogP contribution >= 0.6 is 0 Å². The predicted molar refractivity (Wildman–Crippen MR) is 249 cm³/mol. The third-order valence-corrected chi connectivity index (χ3v) is 11.7. The summed E-state index contributed by atoms with van der Waals surface area (Å²) in [6.07, 6.45) is 0.413. The minimum atomic E-state index is -1.23. The molecule has 0 saturated carbocycles. The van der Waals surface area contributed by atoms with Gasteiger partial charge in [-0.1, -0.05) is 25.6 Å². The maximum absolute atomic E-state index is 13.3. The van der Waals surface area contributed by atoms with Crippen molar-refractivity contribution in [3.05, 3.63) is 115 Å². The van der Waals surface area contributed by atoms with Gasteiger partial charge in [-0.3, -0.25) is 39.4 Å². The Bertz CT molecular complexity index is 3250. The highest BCUT2D eigenvalue weighted by atomic mass is 16.6. The summed E-state index contributed by atoms with van der Waals surface area (Å²) in [5, 5.41) is 62.4. The zero-order chi connectivity index (χ0) is 48.7. The molecular formula is C47H44N6O16. The number of aromatic hydroxyl groups is 1. The Kier molecular flexibility index (Phi) is 13.5. The van der Waals surface area contributed by atoms with Crippen molar-refractivity contribution < 1.29 is 67.8 Å². The number of ether oxygens (including phenoxy) is 1. The van der Waals surface area contributed by atoms with Crippen LogP contribution in [0.5, 0.6) is 11.5 Å². The molecule has 5 aromatic carbocycles. The number of rotatable bonds is 14. The summed E-state index contributed by atoms with van der Waals surface area (Å²) >= 11 is 0. The summed E-state index contributed by atoms with van der Waals surface area (Å²) in [7, 11) is 0. The molecule has 69 heavy (non-hydrogen) atoms. The fourth-order valence-electron chi connectivity index (χ4n) is 8.70. The molecule has 9 rings (SSSR count). The summed E-state index contributed by atoms with van der Waals surface area (Å²) in [5.74, 6) is -3.86. The van der Waals surface area contributed by atoms with Crippen molar-refractivity contribution in [2.75, 3.05) is 29.5 Å². The normalized spacial score (nSPS) is 13.6. The molecule has 22 heteroatoms. The molecule has 2 aliphatic rings. The first-order valence-corrected chi connectivity index (χ1v) is 20.9. The van der Waals surface area contributed by atoms with E-state index in [0.29, 0.717) is 73.6 Å². The Labute approximate surface area is 389 Å². The Morgan fingerprint density at radius 2 is 1.33 bits per heavy atom. The van der Waals surface area contributed by atoms with Crippen molar-refractivity contribution in [1.82, 2.24) is 0 Å². The number of phenols is 1. The molecule has 0 bridgehead atoms. The average molecular weight is 949 g/mol. The van der Waals surface area contributed by atoms with Gasteiger partial charge in [-0.15, -0.1) is 0 Å². The van der Waals surface area contributed by atoms with Gasteiger partial charge < -0.3 is 55.3 Å². The van der Waals surface area contributed by atoms with E-state index in [-0.39, 0.29) is 80.3 Å². The lowest BCUT2D eigenvalue weighted by molar-refractivity contribution is -0.384. The number of amides is 2. The molecule has 4 heterocycles. The zero-order valence-electron chi connectivity index (χ0n) is 35.6. The number of nitro benzene ring substituents is 2. The number of benzene rings is 5. The number of carbonyl (C=O) groups excluding carboxylic acids is 2. The maximum Gasteiger partial charge on any atom is 0.341 e. The minimum Gasteiger partial charge on any atom is -0.508 e. The summed E-state index contributed by atoms with van der Waals surface area (Å²) in [6.45, 7) is -0.122. The minimum absolute atomic E-state index is 0. The van der Waals surface area contributed by atoms with Crippen LogP contribution in [0, 0.1) is 20.2 Å². The van der Waals surface area contributed by atoms with Gasteiger partial charge in [-0.2, -0.15) is 0 Å². The number of nitrogens with two attached hydrogens (primary N) is 2. The predicted octanol–water partition coefficient (Wildman–Crippen LogP) is 5.96. The SMILES string of the molecule is C.NC(CCC(=O)N1CCc2c1c([N+](=O)[O-])cc1c2oc2ccc(CC(=O)O)cc21)C(=O)O.NC(Cc1ccc(O)cc1)C(=O)N1CCc2c1c([N+](=O)[O-])cc1oc3ccc(OCC(=O)O)cc3c21. The molecule has 7 aromatic rings. The van der Waals surface area contributed by atoms with Gasteiger partial charge in [-0.25, -0.2) is 4.79 Å². The summed E-state index contributed by atoms with van der Waals surface area (Å²) in [5.41, 5.74) is 15.4. The van der Waals surface area contributed by atoms with E-state index in [9.17, 15) is 49.3 Å². The van der Waals surface area contributed by atoms with E-state index in [1.54, 1.807) is 48.5 Å². The third kappa shape index (κ3) is 9.51. The van der Waals surface area contributed by atoms with E-state index in [2.05, 4.69) is 0 Å². The first-order chi connectivity index (χ1) is 32.4. The fraction of sp³-hybridized carbons (Fsp3) is 0.255. The number of fused-ring (bicyclic) bond motifs is 10. The number of furan rings is 2. The van der Waals surface area contributed by atoms with E-state index >= 15 is 0 Å². The topological polar surface area (TPSA) is 347 Å². The van der Waals surface area contributed by atoms with Gasteiger partial charge in [0.1, 0.15) is 51.2 Å². The smallest absolute Gasteiger partial charge is 0.341 e.